The third-order valence-electron chi connectivity index (χ3n) is 4.73. The predicted molar refractivity (Wildman–Crippen MR) is 89.8 cm³/mol. The van der Waals surface area contributed by atoms with Crippen LogP contribution < -0.4 is 0 Å². The van der Waals surface area contributed by atoms with Crippen molar-refractivity contribution in [3.63, 3.8) is 0 Å². The zero-order valence-corrected chi connectivity index (χ0v) is 13.9. The number of likely N-dealkylation sites (tertiary alicyclic amines) is 1. The van der Waals surface area contributed by atoms with E-state index in [9.17, 15) is 5.11 Å². The third-order valence-corrected chi connectivity index (χ3v) is 4.73. The second-order valence-corrected chi connectivity index (χ2v) is 6.99. The van der Waals surface area contributed by atoms with Gasteiger partial charge in [-0.15, -0.1) is 0 Å². The molecule has 1 N–H and O–H groups in total. The molecule has 118 valence electrons. The molecule has 2 heteroatoms. The van der Waals surface area contributed by atoms with Crippen LogP contribution in [0.25, 0.3) is 0 Å². The molecule has 1 heterocycles. The van der Waals surface area contributed by atoms with Crippen molar-refractivity contribution in [1.29, 1.82) is 0 Å². The summed E-state index contributed by atoms with van der Waals surface area (Å²) >= 11 is 0. The van der Waals surface area contributed by atoms with Gasteiger partial charge in [-0.05, 0) is 55.8 Å². The summed E-state index contributed by atoms with van der Waals surface area (Å²) in [5, 5.41) is 10.9. The summed E-state index contributed by atoms with van der Waals surface area (Å²) in [6, 6.07) is 8.82. The molecule has 1 atom stereocenters. The van der Waals surface area contributed by atoms with Crippen LogP contribution in [0.4, 0.5) is 0 Å². The van der Waals surface area contributed by atoms with Gasteiger partial charge >= 0.3 is 0 Å². The largest absolute Gasteiger partial charge is 0.389 e. The average Bonchev–Trinajstić information content (AvgIpc) is 2.62. The van der Waals surface area contributed by atoms with E-state index >= 15 is 0 Å². The Morgan fingerprint density at radius 2 is 1.86 bits per heavy atom. The van der Waals surface area contributed by atoms with Crippen molar-refractivity contribution in [1.82, 2.24) is 4.90 Å². The lowest BCUT2D eigenvalue weighted by atomic mass is 9.87. The minimum atomic E-state index is -0.512. The maximum atomic E-state index is 10.9. The highest BCUT2D eigenvalue weighted by Gasteiger charge is 2.30. The van der Waals surface area contributed by atoms with Crippen molar-refractivity contribution in [3.8, 4) is 0 Å². The van der Waals surface area contributed by atoms with Gasteiger partial charge in [0, 0.05) is 13.0 Å². The summed E-state index contributed by atoms with van der Waals surface area (Å²) in [4.78, 5) is 2.50. The Balaban J connectivity index is 1.97. The lowest BCUT2D eigenvalue weighted by Gasteiger charge is -2.27. The molecule has 0 aromatic heterocycles. The maximum absolute atomic E-state index is 10.9. The number of hydrogen-bond donors (Lipinski definition) is 1. The molecule has 2 rings (SSSR count). The first-order valence-electron chi connectivity index (χ1n) is 8.56. The number of nitrogens with zero attached hydrogens (tertiary/aromatic N) is 1. The van der Waals surface area contributed by atoms with Gasteiger partial charge in [0.25, 0.3) is 0 Å². The summed E-state index contributed by atoms with van der Waals surface area (Å²) < 4.78 is 0. The Morgan fingerprint density at radius 3 is 2.48 bits per heavy atom. The lowest BCUT2D eigenvalue weighted by Crippen LogP contribution is -2.33. The van der Waals surface area contributed by atoms with Crippen molar-refractivity contribution in [2.24, 2.45) is 0 Å². The van der Waals surface area contributed by atoms with E-state index < -0.39 is 5.60 Å². The Bertz CT molecular complexity index is 426. The summed E-state index contributed by atoms with van der Waals surface area (Å²) in [6.45, 7) is 10.0. The number of benzene rings is 1. The fraction of sp³-hybridized carbons (Fsp3) is 0.684. The zero-order valence-electron chi connectivity index (χ0n) is 13.9. The number of hydrogen-bond acceptors (Lipinski definition) is 2. The van der Waals surface area contributed by atoms with Crippen molar-refractivity contribution < 1.29 is 5.11 Å². The van der Waals surface area contributed by atoms with Crippen LogP contribution in [-0.2, 0) is 6.42 Å². The van der Waals surface area contributed by atoms with Crippen LogP contribution in [0.5, 0.6) is 0 Å². The first-order chi connectivity index (χ1) is 10.0. The first kappa shape index (κ1) is 16.5. The minimum Gasteiger partial charge on any atom is -0.389 e. The molecule has 0 saturated carbocycles. The lowest BCUT2D eigenvalue weighted by molar-refractivity contribution is 0.0257. The summed E-state index contributed by atoms with van der Waals surface area (Å²) in [7, 11) is 0. The van der Waals surface area contributed by atoms with Crippen molar-refractivity contribution in [3.05, 3.63) is 35.4 Å². The van der Waals surface area contributed by atoms with Crippen LogP contribution in [0, 0.1) is 0 Å². The van der Waals surface area contributed by atoms with Crippen LogP contribution >= 0.6 is 0 Å². The van der Waals surface area contributed by atoms with Gasteiger partial charge in [0.15, 0.2) is 0 Å². The van der Waals surface area contributed by atoms with Gasteiger partial charge in [-0.1, -0.05) is 45.0 Å². The molecule has 1 aromatic carbocycles. The van der Waals surface area contributed by atoms with Crippen LogP contribution in [0.2, 0.25) is 0 Å². The number of aliphatic hydroxyl groups is 1. The van der Waals surface area contributed by atoms with Crippen LogP contribution in [0.1, 0.15) is 63.5 Å². The standard InChI is InChI=1S/C19H31NO/c1-4-12-20-13-5-10-19(21,11-14-20)15-17-6-8-18(9-7-17)16(2)3/h6-9,16,21H,4-5,10-15H2,1-3H3. The SMILES string of the molecule is CCCN1CCCC(O)(Cc2ccc(C(C)C)cc2)CC1. The Morgan fingerprint density at radius 1 is 1.14 bits per heavy atom. The smallest absolute Gasteiger partial charge is 0.0700 e. The van der Waals surface area contributed by atoms with E-state index in [-0.39, 0.29) is 0 Å². The molecule has 1 aliphatic rings. The van der Waals surface area contributed by atoms with Crippen molar-refractivity contribution in [2.75, 3.05) is 19.6 Å². The maximum Gasteiger partial charge on any atom is 0.0700 e. The van der Waals surface area contributed by atoms with E-state index in [0.717, 1.165) is 38.8 Å². The van der Waals surface area contributed by atoms with Crippen molar-refractivity contribution >= 4 is 0 Å². The molecule has 0 aliphatic carbocycles. The van der Waals surface area contributed by atoms with Gasteiger partial charge in [0.05, 0.1) is 5.60 Å². The highest BCUT2D eigenvalue weighted by Crippen LogP contribution is 2.27. The molecule has 0 bridgehead atoms. The van der Waals surface area contributed by atoms with E-state index in [2.05, 4.69) is 49.9 Å². The highest BCUT2D eigenvalue weighted by molar-refractivity contribution is 5.25. The van der Waals surface area contributed by atoms with Gasteiger partial charge in [0.2, 0.25) is 0 Å². The van der Waals surface area contributed by atoms with Gasteiger partial charge < -0.3 is 10.0 Å². The molecule has 1 aliphatic heterocycles. The predicted octanol–water partition coefficient (Wildman–Crippen LogP) is 3.98. The van der Waals surface area contributed by atoms with E-state index in [1.807, 2.05) is 0 Å². The van der Waals surface area contributed by atoms with E-state index in [1.54, 1.807) is 0 Å². The summed E-state index contributed by atoms with van der Waals surface area (Å²) in [6.07, 6.45) is 4.94. The average molecular weight is 289 g/mol. The van der Waals surface area contributed by atoms with E-state index in [1.165, 1.54) is 24.1 Å². The fourth-order valence-electron chi connectivity index (χ4n) is 3.35. The van der Waals surface area contributed by atoms with Crippen LogP contribution in [0.15, 0.2) is 24.3 Å². The molecule has 0 radical (unpaired) electrons. The zero-order chi connectivity index (χ0) is 15.3. The second-order valence-electron chi connectivity index (χ2n) is 6.99. The summed E-state index contributed by atoms with van der Waals surface area (Å²) in [5.74, 6) is 0.572. The molecule has 2 nitrogen and oxygen atoms in total. The second kappa shape index (κ2) is 7.42. The van der Waals surface area contributed by atoms with Gasteiger partial charge in [-0.25, -0.2) is 0 Å². The molecule has 1 unspecified atom stereocenters. The molecule has 1 saturated heterocycles. The molecule has 1 fully saturated rings. The molecular weight excluding hydrogens is 258 g/mol. The van der Waals surface area contributed by atoms with Crippen molar-refractivity contribution in [2.45, 2.75) is 64.4 Å². The topological polar surface area (TPSA) is 23.5 Å². The Hall–Kier alpha value is -0.860. The fourth-order valence-corrected chi connectivity index (χ4v) is 3.35. The third kappa shape index (κ3) is 4.82. The Labute approximate surface area is 130 Å². The Kier molecular flexibility index (Phi) is 5.83. The molecule has 1 aromatic rings. The monoisotopic (exact) mass is 289 g/mol. The van der Waals surface area contributed by atoms with Gasteiger partial charge in [0.1, 0.15) is 0 Å². The van der Waals surface area contributed by atoms with Crippen LogP contribution in [0.3, 0.4) is 0 Å². The van der Waals surface area contributed by atoms with Gasteiger partial charge in [-0.2, -0.15) is 0 Å². The normalized spacial score (nSPS) is 24.2. The highest BCUT2D eigenvalue weighted by atomic mass is 16.3. The number of rotatable bonds is 5. The first-order valence-corrected chi connectivity index (χ1v) is 8.56. The molecule has 21 heavy (non-hydrogen) atoms. The molecule has 0 spiro atoms. The van der Waals surface area contributed by atoms with E-state index in [4.69, 9.17) is 0 Å². The van der Waals surface area contributed by atoms with Gasteiger partial charge in [-0.3, -0.25) is 0 Å². The van der Waals surface area contributed by atoms with E-state index in [0.29, 0.717) is 5.92 Å². The molecule has 0 amide bonds. The quantitative estimate of drug-likeness (QED) is 0.886. The van der Waals surface area contributed by atoms with Crippen LogP contribution in [-0.4, -0.2) is 35.2 Å². The molecular formula is C19H31NO. The minimum absolute atomic E-state index is 0.512. The summed E-state index contributed by atoms with van der Waals surface area (Å²) in [5.41, 5.74) is 2.13.